The Morgan fingerprint density at radius 2 is 2.27 bits per heavy atom. The standard InChI is InChI=1S/C10H6ClN3S/c11-9-2-1-8(15-9)7-6-14-4-3-12-5-10(14)13-7/h1-6H. The van der Waals surface area contributed by atoms with E-state index in [2.05, 4.69) is 9.97 Å². The lowest BCUT2D eigenvalue weighted by Gasteiger charge is -1.86. The number of hydrogen-bond donors (Lipinski definition) is 0. The van der Waals surface area contributed by atoms with E-state index in [1.165, 1.54) is 11.3 Å². The summed E-state index contributed by atoms with van der Waals surface area (Å²) in [5, 5.41) is 0. The van der Waals surface area contributed by atoms with Crippen LogP contribution in [0.2, 0.25) is 4.34 Å². The maximum absolute atomic E-state index is 5.88. The topological polar surface area (TPSA) is 30.2 Å². The zero-order valence-electron chi connectivity index (χ0n) is 7.59. The summed E-state index contributed by atoms with van der Waals surface area (Å²) in [5.41, 5.74) is 1.77. The van der Waals surface area contributed by atoms with Crippen molar-refractivity contribution >= 4 is 28.6 Å². The van der Waals surface area contributed by atoms with Gasteiger partial charge in [0.25, 0.3) is 0 Å². The van der Waals surface area contributed by atoms with Gasteiger partial charge >= 0.3 is 0 Å². The first-order chi connectivity index (χ1) is 7.33. The Balaban J connectivity index is 2.19. The summed E-state index contributed by atoms with van der Waals surface area (Å²) in [6, 6.07) is 3.85. The quantitative estimate of drug-likeness (QED) is 0.649. The number of nitrogens with zero attached hydrogens (tertiary/aromatic N) is 3. The molecule has 3 nitrogen and oxygen atoms in total. The molecule has 0 atom stereocenters. The molecule has 0 aliphatic rings. The number of imidazole rings is 1. The molecule has 0 spiro atoms. The third kappa shape index (κ3) is 1.52. The average molecular weight is 236 g/mol. The van der Waals surface area contributed by atoms with Crippen LogP contribution in [-0.4, -0.2) is 14.4 Å². The number of rotatable bonds is 1. The fourth-order valence-electron chi connectivity index (χ4n) is 1.41. The van der Waals surface area contributed by atoms with Crippen molar-refractivity contribution in [1.29, 1.82) is 0 Å². The fraction of sp³-hybridized carbons (Fsp3) is 0. The van der Waals surface area contributed by atoms with Gasteiger partial charge in [0, 0.05) is 18.6 Å². The molecule has 0 amide bonds. The van der Waals surface area contributed by atoms with Crippen LogP contribution in [0.25, 0.3) is 16.2 Å². The van der Waals surface area contributed by atoms with E-state index in [0.29, 0.717) is 0 Å². The minimum Gasteiger partial charge on any atom is -0.304 e. The molecule has 0 unspecified atom stereocenters. The Kier molecular flexibility index (Phi) is 1.97. The van der Waals surface area contributed by atoms with Gasteiger partial charge in [-0.3, -0.25) is 4.98 Å². The van der Waals surface area contributed by atoms with Crippen molar-refractivity contribution in [3.63, 3.8) is 0 Å². The Morgan fingerprint density at radius 3 is 3.00 bits per heavy atom. The monoisotopic (exact) mass is 235 g/mol. The number of thiophene rings is 1. The third-order valence-corrected chi connectivity index (χ3v) is 3.34. The van der Waals surface area contributed by atoms with Crippen LogP contribution in [0, 0.1) is 0 Å². The molecule has 0 saturated heterocycles. The average Bonchev–Trinajstić information content (AvgIpc) is 2.82. The Labute approximate surface area is 95.0 Å². The van der Waals surface area contributed by atoms with Crippen molar-refractivity contribution in [2.75, 3.05) is 0 Å². The van der Waals surface area contributed by atoms with Crippen molar-refractivity contribution in [1.82, 2.24) is 14.4 Å². The van der Waals surface area contributed by atoms with E-state index in [-0.39, 0.29) is 0 Å². The van der Waals surface area contributed by atoms with E-state index in [0.717, 1.165) is 20.6 Å². The van der Waals surface area contributed by atoms with Gasteiger partial charge in [0.15, 0.2) is 5.65 Å². The van der Waals surface area contributed by atoms with Crippen molar-refractivity contribution in [2.24, 2.45) is 0 Å². The highest BCUT2D eigenvalue weighted by molar-refractivity contribution is 7.19. The lowest BCUT2D eigenvalue weighted by atomic mass is 10.4. The first-order valence-electron chi connectivity index (χ1n) is 4.37. The predicted octanol–water partition coefficient (Wildman–Crippen LogP) is 3.11. The second-order valence-electron chi connectivity index (χ2n) is 3.07. The molecule has 0 N–H and O–H groups in total. The highest BCUT2D eigenvalue weighted by Gasteiger charge is 2.06. The zero-order valence-corrected chi connectivity index (χ0v) is 9.16. The number of fused-ring (bicyclic) bond motifs is 1. The SMILES string of the molecule is Clc1ccc(-c2cn3ccncc3n2)s1. The van der Waals surface area contributed by atoms with Gasteiger partial charge in [-0.15, -0.1) is 11.3 Å². The Morgan fingerprint density at radius 1 is 1.33 bits per heavy atom. The molecule has 0 radical (unpaired) electrons. The molecule has 3 rings (SSSR count). The molecule has 5 heteroatoms. The molecule has 74 valence electrons. The summed E-state index contributed by atoms with van der Waals surface area (Å²) < 4.78 is 2.72. The minimum atomic E-state index is 0.778. The molecule has 3 aromatic rings. The van der Waals surface area contributed by atoms with Gasteiger partial charge in [0.05, 0.1) is 21.1 Å². The first-order valence-corrected chi connectivity index (χ1v) is 5.57. The number of hydrogen-bond acceptors (Lipinski definition) is 3. The van der Waals surface area contributed by atoms with Crippen LogP contribution in [0.5, 0.6) is 0 Å². The lowest BCUT2D eigenvalue weighted by molar-refractivity contribution is 1.13. The molecule has 0 saturated carbocycles. The zero-order chi connectivity index (χ0) is 10.3. The second-order valence-corrected chi connectivity index (χ2v) is 4.79. The van der Waals surface area contributed by atoms with Crippen molar-refractivity contribution in [3.05, 3.63) is 41.3 Å². The normalized spacial score (nSPS) is 11.0. The molecule has 0 aromatic carbocycles. The lowest BCUT2D eigenvalue weighted by Crippen LogP contribution is -1.81. The van der Waals surface area contributed by atoms with Crippen molar-refractivity contribution in [2.45, 2.75) is 0 Å². The summed E-state index contributed by atoms with van der Waals surface area (Å²) in [6.45, 7) is 0. The molecule has 0 aliphatic heterocycles. The van der Waals surface area contributed by atoms with Crippen molar-refractivity contribution < 1.29 is 0 Å². The summed E-state index contributed by atoms with van der Waals surface area (Å²) in [6.07, 6.45) is 7.32. The smallest absolute Gasteiger partial charge is 0.156 e. The summed E-state index contributed by atoms with van der Waals surface area (Å²) >= 11 is 7.41. The van der Waals surface area contributed by atoms with Gasteiger partial charge in [-0.05, 0) is 12.1 Å². The van der Waals surface area contributed by atoms with Gasteiger partial charge < -0.3 is 4.40 Å². The van der Waals surface area contributed by atoms with E-state index < -0.39 is 0 Å². The van der Waals surface area contributed by atoms with Gasteiger partial charge in [-0.2, -0.15) is 0 Å². The van der Waals surface area contributed by atoms with Gasteiger partial charge in [0.2, 0.25) is 0 Å². The molecule has 0 bridgehead atoms. The van der Waals surface area contributed by atoms with E-state index >= 15 is 0 Å². The maximum atomic E-state index is 5.88. The van der Waals surface area contributed by atoms with E-state index in [4.69, 9.17) is 11.6 Å². The van der Waals surface area contributed by atoms with Crippen LogP contribution in [0.1, 0.15) is 0 Å². The van der Waals surface area contributed by atoms with Gasteiger partial charge in [0.1, 0.15) is 0 Å². The maximum Gasteiger partial charge on any atom is 0.156 e. The van der Waals surface area contributed by atoms with Crippen LogP contribution < -0.4 is 0 Å². The third-order valence-electron chi connectivity index (χ3n) is 2.09. The van der Waals surface area contributed by atoms with Crippen LogP contribution in [0.15, 0.2) is 36.9 Å². The number of aromatic nitrogens is 3. The summed E-state index contributed by atoms with van der Waals surface area (Å²) in [4.78, 5) is 9.54. The first kappa shape index (κ1) is 8.88. The minimum absolute atomic E-state index is 0.778. The highest BCUT2D eigenvalue weighted by Crippen LogP contribution is 2.30. The molecule has 3 heterocycles. The van der Waals surface area contributed by atoms with Gasteiger partial charge in [-0.25, -0.2) is 4.98 Å². The highest BCUT2D eigenvalue weighted by atomic mass is 35.5. The molecule has 15 heavy (non-hydrogen) atoms. The molecule has 3 aromatic heterocycles. The summed E-state index contributed by atoms with van der Waals surface area (Å²) in [7, 11) is 0. The number of halogens is 1. The fourth-order valence-corrected chi connectivity index (χ4v) is 2.41. The van der Waals surface area contributed by atoms with E-state index in [9.17, 15) is 0 Å². The summed E-state index contributed by atoms with van der Waals surface area (Å²) in [5.74, 6) is 0. The molecule has 0 aliphatic carbocycles. The van der Waals surface area contributed by atoms with Crippen LogP contribution in [-0.2, 0) is 0 Å². The second kappa shape index (κ2) is 3.32. The molecule has 0 fully saturated rings. The van der Waals surface area contributed by atoms with Crippen LogP contribution in [0.3, 0.4) is 0 Å². The largest absolute Gasteiger partial charge is 0.304 e. The predicted molar refractivity (Wildman–Crippen MR) is 61.3 cm³/mol. The Bertz CT molecular complexity index is 581. The van der Waals surface area contributed by atoms with Crippen LogP contribution in [0.4, 0.5) is 0 Å². The van der Waals surface area contributed by atoms with Crippen molar-refractivity contribution in [3.8, 4) is 10.6 Å². The Hall–Kier alpha value is -1.39. The molecular formula is C10H6ClN3S. The van der Waals surface area contributed by atoms with Gasteiger partial charge in [-0.1, -0.05) is 11.6 Å². The van der Waals surface area contributed by atoms with E-state index in [1.807, 2.05) is 28.9 Å². The van der Waals surface area contributed by atoms with Crippen LogP contribution >= 0.6 is 22.9 Å². The van der Waals surface area contributed by atoms with E-state index in [1.54, 1.807) is 12.4 Å². The molecular weight excluding hydrogens is 230 g/mol.